The van der Waals surface area contributed by atoms with E-state index in [1.807, 2.05) is 6.92 Å². The minimum atomic E-state index is -2.38. The minimum absolute atomic E-state index is 0.0894. The summed E-state index contributed by atoms with van der Waals surface area (Å²) in [4.78, 5) is 10.7. The number of carboxylic acids is 1. The number of carbonyl (C=O) groups is 1. The summed E-state index contributed by atoms with van der Waals surface area (Å²) in [5.74, 6) is -1.10. The second kappa shape index (κ2) is 7.22. The highest BCUT2D eigenvalue weighted by Crippen LogP contribution is 2.10. The van der Waals surface area contributed by atoms with Crippen molar-refractivity contribution in [1.82, 2.24) is 0 Å². The average molecular weight is 332 g/mol. The molecule has 0 aliphatic heterocycles. The second-order valence-electron chi connectivity index (χ2n) is 2.86. The van der Waals surface area contributed by atoms with Crippen LogP contribution in [0.4, 0.5) is 0 Å². The van der Waals surface area contributed by atoms with Crippen molar-refractivity contribution in [3.63, 3.8) is 0 Å². The van der Waals surface area contributed by atoms with Gasteiger partial charge in [-0.15, -0.1) is 0 Å². The molecule has 0 rings (SSSR count). The maximum Gasteiger partial charge on any atom is 0.321 e. The SMILES string of the molecule is CCCCCC(C(I)C(=O)O)=S(=O)=O. The normalized spacial score (nSPS) is 12.1. The van der Waals surface area contributed by atoms with E-state index in [0.717, 1.165) is 19.3 Å². The van der Waals surface area contributed by atoms with Crippen molar-refractivity contribution >= 4 is 43.7 Å². The summed E-state index contributed by atoms with van der Waals surface area (Å²) >= 11 is 1.63. The molecular formula is C8H13IO4S. The van der Waals surface area contributed by atoms with Crippen molar-refractivity contribution < 1.29 is 18.3 Å². The third-order valence-electron chi connectivity index (χ3n) is 1.74. The molecule has 0 aromatic rings. The Morgan fingerprint density at radius 2 is 2.00 bits per heavy atom. The fourth-order valence-electron chi connectivity index (χ4n) is 0.981. The van der Waals surface area contributed by atoms with Gasteiger partial charge in [0.05, 0.1) is 4.86 Å². The Morgan fingerprint density at radius 3 is 2.36 bits per heavy atom. The van der Waals surface area contributed by atoms with Gasteiger partial charge in [-0.25, -0.2) is 0 Å². The Hall–Kier alpha value is -0.110. The van der Waals surface area contributed by atoms with Gasteiger partial charge in [-0.05, 0) is 12.8 Å². The van der Waals surface area contributed by atoms with Gasteiger partial charge in [0.2, 0.25) is 10.3 Å². The van der Waals surface area contributed by atoms with Crippen LogP contribution in [-0.4, -0.2) is 28.3 Å². The van der Waals surface area contributed by atoms with Crippen LogP contribution in [0.15, 0.2) is 0 Å². The second-order valence-corrected chi connectivity index (χ2v) is 5.10. The maximum absolute atomic E-state index is 10.7. The number of hydrogen-bond donors (Lipinski definition) is 1. The molecule has 0 fully saturated rings. The fraction of sp³-hybridized carbons (Fsp3) is 0.750. The lowest BCUT2D eigenvalue weighted by Crippen LogP contribution is -2.24. The number of alkyl halides is 1. The van der Waals surface area contributed by atoms with Gasteiger partial charge < -0.3 is 5.11 Å². The molecule has 1 N–H and O–H groups in total. The first-order valence-corrected chi connectivity index (χ1v) is 6.64. The summed E-state index contributed by atoms with van der Waals surface area (Å²) in [6.07, 6.45) is 2.98. The van der Waals surface area contributed by atoms with Gasteiger partial charge in [0.15, 0.2) is 0 Å². The fourth-order valence-corrected chi connectivity index (χ4v) is 2.50. The molecule has 14 heavy (non-hydrogen) atoms. The highest BCUT2D eigenvalue weighted by Gasteiger charge is 2.20. The summed E-state index contributed by atoms with van der Waals surface area (Å²) in [6.45, 7) is 2.01. The molecule has 0 radical (unpaired) electrons. The first-order valence-electron chi connectivity index (χ1n) is 4.32. The van der Waals surface area contributed by atoms with Gasteiger partial charge in [0.25, 0.3) is 0 Å². The zero-order valence-electron chi connectivity index (χ0n) is 7.86. The van der Waals surface area contributed by atoms with Crippen molar-refractivity contribution in [3.05, 3.63) is 0 Å². The van der Waals surface area contributed by atoms with E-state index in [9.17, 15) is 13.2 Å². The maximum atomic E-state index is 10.7. The standard InChI is InChI=1S/C8H13IO4S/c1-2-3-4-5-6(14(12)13)7(9)8(10)11/h7H,2-5H2,1H3,(H,10,11). The molecular weight excluding hydrogens is 319 g/mol. The molecule has 0 aliphatic rings. The zero-order valence-corrected chi connectivity index (χ0v) is 10.8. The lowest BCUT2D eigenvalue weighted by atomic mass is 10.1. The van der Waals surface area contributed by atoms with Crippen LogP contribution in [0.1, 0.15) is 32.6 Å². The molecule has 0 spiro atoms. The van der Waals surface area contributed by atoms with Crippen molar-refractivity contribution in [1.29, 1.82) is 0 Å². The van der Waals surface area contributed by atoms with Crippen LogP contribution in [0.25, 0.3) is 0 Å². The number of halogens is 1. The van der Waals surface area contributed by atoms with Crippen molar-refractivity contribution in [2.24, 2.45) is 0 Å². The molecule has 0 bridgehead atoms. The molecule has 0 saturated heterocycles. The summed E-state index contributed by atoms with van der Waals surface area (Å²) in [5, 5.41) is 8.66. The summed E-state index contributed by atoms with van der Waals surface area (Å²) in [7, 11) is -2.38. The minimum Gasteiger partial charge on any atom is -0.480 e. The van der Waals surface area contributed by atoms with E-state index in [0.29, 0.717) is 6.42 Å². The van der Waals surface area contributed by atoms with Crippen molar-refractivity contribution in [2.45, 2.75) is 36.5 Å². The predicted octanol–water partition coefficient (Wildman–Crippen LogP) is 1.51. The molecule has 6 heteroatoms. The molecule has 82 valence electrons. The predicted molar refractivity (Wildman–Crippen MR) is 63.5 cm³/mol. The highest BCUT2D eigenvalue weighted by molar-refractivity contribution is 14.1. The topological polar surface area (TPSA) is 71.4 Å². The molecule has 0 aromatic carbocycles. The summed E-state index contributed by atoms with van der Waals surface area (Å²) < 4.78 is 20.5. The Bertz CT molecular complexity index is 312. The van der Waals surface area contributed by atoms with Crippen LogP contribution < -0.4 is 0 Å². The Morgan fingerprint density at radius 1 is 1.43 bits per heavy atom. The van der Waals surface area contributed by atoms with E-state index in [2.05, 4.69) is 0 Å². The van der Waals surface area contributed by atoms with E-state index in [4.69, 9.17) is 5.11 Å². The number of unbranched alkanes of at least 4 members (excludes halogenated alkanes) is 2. The number of carboxylic acid groups (broad SMARTS) is 1. The third kappa shape index (κ3) is 4.94. The lowest BCUT2D eigenvalue weighted by molar-refractivity contribution is -0.134. The van der Waals surface area contributed by atoms with Gasteiger partial charge >= 0.3 is 5.97 Å². The van der Waals surface area contributed by atoms with Crippen LogP contribution in [0.2, 0.25) is 0 Å². The van der Waals surface area contributed by atoms with Crippen LogP contribution in [0, 0.1) is 0 Å². The van der Waals surface area contributed by atoms with Gasteiger partial charge in [0.1, 0.15) is 3.92 Å². The Kier molecular flexibility index (Phi) is 7.16. The van der Waals surface area contributed by atoms with Crippen LogP contribution >= 0.6 is 22.6 Å². The van der Waals surface area contributed by atoms with Gasteiger partial charge in [-0.1, -0.05) is 42.4 Å². The number of rotatable bonds is 6. The molecule has 0 saturated carbocycles. The molecule has 0 amide bonds. The quantitative estimate of drug-likeness (QED) is 0.346. The van der Waals surface area contributed by atoms with Crippen molar-refractivity contribution in [2.75, 3.05) is 0 Å². The van der Waals surface area contributed by atoms with Crippen LogP contribution in [0.5, 0.6) is 0 Å². The van der Waals surface area contributed by atoms with E-state index in [-0.39, 0.29) is 4.86 Å². The largest absolute Gasteiger partial charge is 0.480 e. The van der Waals surface area contributed by atoms with Gasteiger partial charge in [0, 0.05) is 0 Å². The third-order valence-corrected chi connectivity index (χ3v) is 4.32. The lowest BCUT2D eigenvalue weighted by Gasteiger charge is -2.04. The van der Waals surface area contributed by atoms with E-state index in [1.165, 1.54) is 0 Å². The zero-order chi connectivity index (χ0) is 11.1. The van der Waals surface area contributed by atoms with E-state index < -0.39 is 20.2 Å². The van der Waals surface area contributed by atoms with Crippen LogP contribution in [0.3, 0.4) is 0 Å². The first kappa shape index (κ1) is 13.9. The monoisotopic (exact) mass is 332 g/mol. The molecule has 1 unspecified atom stereocenters. The van der Waals surface area contributed by atoms with E-state index in [1.54, 1.807) is 22.6 Å². The highest BCUT2D eigenvalue weighted by atomic mass is 127. The van der Waals surface area contributed by atoms with E-state index >= 15 is 0 Å². The summed E-state index contributed by atoms with van der Waals surface area (Å²) in [5.41, 5.74) is 0. The Balaban J connectivity index is 4.50. The average Bonchev–Trinajstić information content (AvgIpc) is 2.10. The summed E-state index contributed by atoms with van der Waals surface area (Å²) in [6, 6.07) is 0. The molecule has 0 aliphatic carbocycles. The van der Waals surface area contributed by atoms with Gasteiger partial charge in [-0.3, -0.25) is 4.79 Å². The molecule has 4 nitrogen and oxygen atoms in total. The first-order chi connectivity index (χ1) is 6.50. The molecule has 0 aromatic heterocycles. The molecule has 1 atom stereocenters. The van der Waals surface area contributed by atoms with Gasteiger partial charge in [-0.2, -0.15) is 8.42 Å². The smallest absolute Gasteiger partial charge is 0.321 e. The number of aliphatic carboxylic acids is 1. The molecule has 0 heterocycles. The number of hydrogen-bond acceptors (Lipinski definition) is 3. The van der Waals surface area contributed by atoms with Crippen molar-refractivity contribution in [3.8, 4) is 0 Å². The van der Waals surface area contributed by atoms with Crippen LogP contribution in [-0.2, 0) is 15.1 Å². The Labute approximate surface area is 98.4 Å².